The van der Waals surface area contributed by atoms with Crippen molar-refractivity contribution in [3.63, 3.8) is 0 Å². The van der Waals surface area contributed by atoms with Crippen molar-refractivity contribution < 1.29 is 17.9 Å². The lowest BCUT2D eigenvalue weighted by Gasteiger charge is -2.22. The Morgan fingerprint density at radius 3 is 2.30 bits per heavy atom. The molecular formula is C26H37ClN4O4S2. The maximum atomic E-state index is 13.6. The highest BCUT2D eigenvalue weighted by atomic mass is 35.5. The topological polar surface area (TPSA) is 83.1 Å². The van der Waals surface area contributed by atoms with Crippen molar-refractivity contribution in [3.8, 4) is 5.75 Å². The minimum atomic E-state index is -3.61. The number of rotatable bonds is 13. The van der Waals surface area contributed by atoms with Crippen LogP contribution in [0.5, 0.6) is 5.75 Å². The van der Waals surface area contributed by atoms with Gasteiger partial charge in [0.15, 0.2) is 5.13 Å². The molecule has 1 aromatic heterocycles. The first kappa shape index (κ1) is 31.0. The molecule has 204 valence electrons. The number of sulfonamides is 1. The number of unbranched alkanes of at least 4 members (excludes halogenated alkanes) is 1. The van der Waals surface area contributed by atoms with Gasteiger partial charge in [0, 0.05) is 31.3 Å². The summed E-state index contributed by atoms with van der Waals surface area (Å²) in [5.41, 5.74) is 1.19. The van der Waals surface area contributed by atoms with E-state index in [1.165, 1.54) is 27.8 Å². The highest BCUT2D eigenvalue weighted by Gasteiger charge is 2.25. The molecule has 11 heteroatoms. The SMILES string of the molecule is CCCCN(CC)S(=O)(=O)c1ccc(C(=O)N(CCCN(C)C)c2nc3cc(OC)ccc3s2)cc1.Cl. The Bertz CT molecular complexity index is 1260. The van der Waals surface area contributed by atoms with E-state index in [0.717, 1.165) is 36.0 Å². The van der Waals surface area contributed by atoms with Gasteiger partial charge in [-0.05, 0) is 69.9 Å². The fourth-order valence-corrected chi connectivity index (χ4v) is 6.28. The highest BCUT2D eigenvalue weighted by Crippen LogP contribution is 2.32. The second-order valence-electron chi connectivity index (χ2n) is 8.82. The molecule has 0 fully saturated rings. The van der Waals surface area contributed by atoms with Gasteiger partial charge in [0.1, 0.15) is 5.75 Å². The number of anilines is 1. The van der Waals surface area contributed by atoms with Crippen LogP contribution in [0.1, 0.15) is 43.5 Å². The standard InChI is InChI=1S/C26H36N4O4S2.ClH/c1-6-8-17-29(7-2)36(32,33)22-13-10-20(11-14-22)25(31)30(18-9-16-28(3)4)26-27-23-19-21(34-5)12-15-24(23)35-26;/h10-15,19H,6-9,16-18H2,1-5H3;1H. The Balaban J connectivity index is 0.00000481. The summed E-state index contributed by atoms with van der Waals surface area (Å²) in [6, 6.07) is 11.9. The van der Waals surface area contributed by atoms with E-state index in [9.17, 15) is 13.2 Å². The zero-order chi connectivity index (χ0) is 26.3. The molecule has 0 radical (unpaired) electrons. The van der Waals surface area contributed by atoms with E-state index >= 15 is 0 Å². The van der Waals surface area contributed by atoms with Crippen molar-refractivity contribution in [2.75, 3.05) is 52.3 Å². The molecule has 0 N–H and O–H groups in total. The van der Waals surface area contributed by atoms with E-state index in [0.29, 0.717) is 36.1 Å². The second-order valence-corrected chi connectivity index (χ2v) is 11.8. The number of hydrogen-bond donors (Lipinski definition) is 0. The van der Waals surface area contributed by atoms with Gasteiger partial charge in [0.05, 0.1) is 22.2 Å². The minimum Gasteiger partial charge on any atom is -0.497 e. The van der Waals surface area contributed by atoms with E-state index in [4.69, 9.17) is 9.72 Å². The summed E-state index contributed by atoms with van der Waals surface area (Å²) >= 11 is 1.45. The maximum absolute atomic E-state index is 13.6. The van der Waals surface area contributed by atoms with E-state index in [1.54, 1.807) is 24.1 Å². The van der Waals surface area contributed by atoms with Crippen LogP contribution < -0.4 is 9.64 Å². The third kappa shape index (κ3) is 7.64. The average molecular weight is 569 g/mol. The van der Waals surface area contributed by atoms with Crippen LogP contribution >= 0.6 is 23.7 Å². The Kier molecular flexibility index (Phi) is 11.8. The molecule has 1 amide bonds. The predicted octanol–water partition coefficient (Wildman–Crippen LogP) is 5.14. The number of hydrogen-bond acceptors (Lipinski definition) is 7. The Hall–Kier alpha value is -2.24. The van der Waals surface area contributed by atoms with Crippen molar-refractivity contribution in [3.05, 3.63) is 48.0 Å². The van der Waals surface area contributed by atoms with Crippen molar-refractivity contribution in [1.29, 1.82) is 0 Å². The monoisotopic (exact) mass is 568 g/mol. The summed E-state index contributed by atoms with van der Waals surface area (Å²) in [5, 5.41) is 0.607. The van der Waals surface area contributed by atoms with E-state index < -0.39 is 10.0 Å². The van der Waals surface area contributed by atoms with Crippen LogP contribution in [0.4, 0.5) is 5.13 Å². The summed E-state index contributed by atoms with van der Waals surface area (Å²) < 4.78 is 33.9. The largest absolute Gasteiger partial charge is 0.497 e. The van der Waals surface area contributed by atoms with Crippen molar-refractivity contribution >= 4 is 55.0 Å². The minimum absolute atomic E-state index is 0. The summed E-state index contributed by atoms with van der Waals surface area (Å²) in [7, 11) is 2.00. The van der Waals surface area contributed by atoms with Crippen molar-refractivity contribution in [2.45, 2.75) is 38.0 Å². The zero-order valence-electron chi connectivity index (χ0n) is 22.1. The van der Waals surface area contributed by atoms with E-state index in [2.05, 4.69) is 4.90 Å². The van der Waals surface area contributed by atoms with Crippen LogP contribution in [-0.2, 0) is 10.0 Å². The maximum Gasteiger partial charge on any atom is 0.260 e. The molecule has 0 aliphatic carbocycles. The molecule has 1 heterocycles. The number of carbonyl (C=O) groups excluding carboxylic acids is 1. The van der Waals surface area contributed by atoms with Gasteiger partial charge in [-0.25, -0.2) is 13.4 Å². The molecule has 3 rings (SSSR count). The molecule has 0 saturated carbocycles. The van der Waals surface area contributed by atoms with Gasteiger partial charge in [-0.3, -0.25) is 9.69 Å². The van der Waals surface area contributed by atoms with Gasteiger partial charge in [-0.1, -0.05) is 31.6 Å². The Labute approximate surface area is 230 Å². The Morgan fingerprint density at radius 1 is 1.00 bits per heavy atom. The number of nitrogens with zero attached hydrogens (tertiary/aromatic N) is 4. The first-order valence-corrected chi connectivity index (χ1v) is 14.5. The van der Waals surface area contributed by atoms with Crippen LogP contribution in [0, 0.1) is 0 Å². The quantitative estimate of drug-likeness (QED) is 0.284. The van der Waals surface area contributed by atoms with Gasteiger partial charge < -0.3 is 9.64 Å². The number of halogens is 1. The predicted molar refractivity (Wildman–Crippen MR) is 154 cm³/mol. The molecule has 0 aliphatic heterocycles. The fraction of sp³-hybridized carbons (Fsp3) is 0.462. The average Bonchev–Trinajstić information content (AvgIpc) is 3.29. The fourth-order valence-electron chi connectivity index (χ4n) is 3.82. The third-order valence-electron chi connectivity index (χ3n) is 5.90. The Morgan fingerprint density at radius 2 is 1.70 bits per heavy atom. The third-order valence-corrected chi connectivity index (χ3v) is 8.95. The zero-order valence-corrected chi connectivity index (χ0v) is 24.6. The van der Waals surface area contributed by atoms with Crippen LogP contribution in [-0.4, -0.2) is 75.9 Å². The molecule has 37 heavy (non-hydrogen) atoms. The summed E-state index contributed by atoms with van der Waals surface area (Å²) in [6.07, 6.45) is 2.49. The number of methoxy groups -OCH3 is 1. The van der Waals surface area contributed by atoms with Crippen LogP contribution in [0.15, 0.2) is 47.4 Å². The molecule has 0 aliphatic rings. The lowest BCUT2D eigenvalue weighted by atomic mass is 10.2. The number of fused-ring (bicyclic) bond motifs is 1. The lowest BCUT2D eigenvalue weighted by Crippen LogP contribution is -2.34. The van der Waals surface area contributed by atoms with Crippen LogP contribution in [0.3, 0.4) is 0 Å². The van der Waals surface area contributed by atoms with Crippen molar-refractivity contribution in [2.24, 2.45) is 0 Å². The van der Waals surface area contributed by atoms with Gasteiger partial charge in [0.25, 0.3) is 5.91 Å². The number of carbonyl (C=O) groups is 1. The number of amides is 1. The first-order chi connectivity index (χ1) is 17.2. The smallest absolute Gasteiger partial charge is 0.260 e. The molecule has 3 aromatic rings. The van der Waals surface area contributed by atoms with Crippen LogP contribution in [0.2, 0.25) is 0 Å². The molecule has 0 saturated heterocycles. The first-order valence-electron chi connectivity index (χ1n) is 12.2. The number of thiazole rings is 1. The second kappa shape index (κ2) is 14.1. The lowest BCUT2D eigenvalue weighted by molar-refractivity contribution is 0.0986. The number of aromatic nitrogens is 1. The number of ether oxygens (including phenoxy) is 1. The molecule has 0 spiro atoms. The summed E-state index contributed by atoms with van der Waals surface area (Å²) in [6.45, 7) is 6.08. The molecule has 0 atom stereocenters. The van der Waals surface area contributed by atoms with Crippen LogP contribution in [0.25, 0.3) is 10.2 Å². The van der Waals surface area contributed by atoms with Gasteiger partial charge >= 0.3 is 0 Å². The van der Waals surface area contributed by atoms with Gasteiger partial charge in [0.2, 0.25) is 10.0 Å². The van der Waals surface area contributed by atoms with E-state index in [-0.39, 0.29) is 23.2 Å². The van der Waals surface area contributed by atoms with Crippen molar-refractivity contribution in [1.82, 2.24) is 14.2 Å². The summed E-state index contributed by atoms with van der Waals surface area (Å²) in [5.74, 6) is 0.503. The summed E-state index contributed by atoms with van der Waals surface area (Å²) in [4.78, 5) is 22.3. The normalized spacial score (nSPS) is 11.6. The molecule has 0 unspecified atom stereocenters. The van der Waals surface area contributed by atoms with Gasteiger partial charge in [-0.2, -0.15) is 4.31 Å². The number of benzene rings is 2. The molecular weight excluding hydrogens is 532 g/mol. The molecule has 2 aromatic carbocycles. The van der Waals surface area contributed by atoms with Gasteiger partial charge in [-0.15, -0.1) is 12.4 Å². The highest BCUT2D eigenvalue weighted by molar-refractivity contribution is 7.89. The molecule has 0 bridgehead atoms. The molecule has 8 nitrogen and oxygen atoms in total. The van der Waals surface area contributed by atoms with E-state index in [1.807, 2.05) is 46.1 Å².